The van der Waals surface area contributed by atoms with Crippen LogP contribution in [0.25, 0.3) is 0 Å². The van der Waals surface area contributed by atoms with Crippen LogP contribution < -0.4 is 5.73 Å². The molecule has 0 spiro atoms. The van der Waals surface area contributed by atoms with Crippen LogP contribution in [-0.2, 0) is 4.79 Å². The highest BCUT2D eigenvalue weighted by Crippen LogP contribution is 2.20. The molecule has 14 heavy (non-hydrogen) atoms. The summed E-state index contributed by atoms with van der Waals surface area (Å²) in [6.07, 6.45) is 4.78. The minimum atomic E-state index is -0.340. The largest absolute Gasteiger partial charge is 0.341 e. The van der Waals surface area contributed by atoms with Crippen LogP contribution in [-0.4, -0.2) is 29.9 Å². The van der Waals surface area contributed by atoms with Crippen molar-refractivity contribution in [3.05, 3.63) is 0 Å². The van der Waals surface area contributed by atoms with Crippen LogP contribution in [0.2, 0.25) is 0 Å². The molecule has 1 heterocycles. The third kappa shape index (κ3) is 2.98. The molecule has 1 aliphatic rings. The van der Waals surface area contributed by atoms with Gasteiger partial charge in [-0.3, -0.25) is 4.79 Å². The highest BCUT2D eigenvalue weighted by atomic mass is 16.2. The molecule has 0 saturated carbocycles. The maximum Gasteiger partial charge on any atom is 0.239 e. The molecule has 1 saturated heterocycles. The first-order valence-electron chi connectivity index (χ1n) is 5.69. The topological polar surface area (TPSA) is 46.3 Å². The van der Waals surface area contributed by atoms with E-state index in [0.717, 1.165) is 31.8 Å². The molecule has 3 heteroatoms. The minimum absolute atomic E-state index is 0.113. The molecule has 0 bridgehead atoms. The smallest absolute Gasteiger partial charge is 0.239 e. The van der Waals surface area contributed by atoms with E-state index in [1.807, 2.05) is 4.90 Å². The fourth-order valence-corrected chi connectivity index (χ4v) is 2.08. The van der Waals surface area contributed by atoms with Crippen molar-refractivity contribution >= 4 is 5.91 Å². The van der Waals surface area contributed by atoms with Gasteiger partial charge in [0, 0.05) is 13.1 Å². The van der Waals surface area contributed by atoms with Crippen LogP contribution >= 0.6 is 0 Å². The van der Waals surface area contributed by atoms with E-state index in [-0.39, 0.29) is 11.9 Å². The minimum Gasteiger partial charge on any atom is -0.341 e. The van der Waals surface area contributed by atoms with Crippen molar-refractivity contribution < 1.29 is 4.79 Å². The lowest BCUT2D eigenvalue weighted by Crippen LogP contribution is -2.42. The normalized spacial score (nSPS) is 25.6. The summed E-state index contributed by atoms with van der Waals surface area (Å²) in [7, 11) is 0. The fourth-order valence-electron chi connectivity index (χ4n) is 2.08. The van der Waals surface area contributed by atoms with Gasteiger partial charge in [-0.2, -0.15) is 0 Å². The summed E-state index contributed by atoms with van der Waals surface area (Å²) in [4.78, 5) is 13.6. The standard InChI is InChI=1S/C11H22N2O/c1-3-10-5-4-7-13(8-6-10)11(14)9(2)12/h9-10H,3-8,12H2,1-2H3/t9-,10?/m0/s1. The van der Waals surface area contributed by atoms with Crippen LogP contribution in [0.4, 0.5) is 0 Å². The first-order chi connectivity index (χ1) is 6.65. The molecule has 0 aliphatic carbocycles. The lowest BCUT2D eigenvalue weighted by molar-refractivity contribution is -0.132. The number of nitrogens with zero attached hydrogens (tertiary/aromatic N) is 1. The number of likely N-dealkylation sites (tertiary alicyclic amines) is 1. The van der Waals surface area contributed by atoms with Crippen molar-refractivity contribution in [2.75, 3.05) is 13.1 Å². The van der Waals surface area contributed by atoms with E-state index >= 15 is 0 Å². The summed E-state index contributed by atoms with van der Waals surface area (Å²) in [5, 5.41) is 0. The summed E-state index contributed by atoms with van der Waals surface area (Å²) in [5.74, 6) is 0.919. The number of carbonyl (C=O) groups is 1. The zero-order valence-electron chi connectivity index (χ0n) is 9.33. The van der Waals surface area contributed by atoms with Crippen LogP contribution in [0, 0.1) is 5.92 Å². The second-order valence-electron chi connectivity index (χ2n) is 4.32. The van der Waals surface area contributed by atoms with Gasteiger partial charge in [-0.25, -0.2) is 0 Å². The van der Waals surface area contributed by atoms with Crippen molar-refractivity contribution in [1.82, 2.24) is 4.90 Å². The molecular weight excluding hydrogens is 176 g/mol. The van der Waals surface area contributed by atoms with Crippen molar-refractivity contribution in [2.45, 2.75) is 45.6 Å². The number of nitrogens with two attached hydrogens (primary N) is 1. The van der Waals surface area contributed by atoms with Gasteiger partial charge in [-0.05, 0) is 32.1 Å². The highest BCUT2D eigenvalue weighted by molar-refractivity contribution is 5.81. The van der Waals surface area contributed by atoms with Gasteiger partial charge in [0.1, 0.15) is 0 Å². The maximum atomic E-state index is 11.6. The van der Waals surface area contributed by atoms with Crippen LogP contribution in [0.15, 0.2) is 0 Å². The second-order valence-corrected chi connectivity index (χ2v) is 4.32. The Bertz CT molecular complexity index is 192. The van der Waals surface area contributed by atoms with Crippen molar-refractivity contribution in [1.29, 1.82) is 0 Å². The van der Waals surface area contributed by atoms with Crippen LogP contribution in [0.1, 0.15) is 39.5 Å². The molecular formula is C11H22N2O. The molecule has 2 N–H and O–H groups in total. The van der Waals surface area contributed by atoms with E-state index in [4.69, 9.17) is 5.73 Å². The van der Waals surface area contributed by atoms with E-state index < -0.39 is 0 Å². The Morgan fingerprint density at radius 3 is 2.79 bits per heavy atom. The second kappa shape index (κ2) is 5.35. The highest BCUT2D eigenvalue weighted by Gasteiger charge is 2.21. The van der Waals surface area contributed by atoms with Crippen molar-refractivity contribution in [3.63, 3.8) is 0 Å². The van der Waals surface area contributed by atoms with Gasteiger partial charge in [0.2, 0.25) is 5.91 Å². The Hall–Kier alpha value is -0.570. The Labute approximate surface area is 86.6 Å². The summed E-state index contributed by atoms with van der Waals surface area (Å²) in [5.41, 5.74) is 5.59. The Balaban J connectivity index is 2.45. The zero-order valence-corrected chi connectivity index (χ0v) is 9.33. The summed E-state index contributed by atoms with van der Waals surface area (Å²) in [6, 6.07) is -0.340. The molecule has 0 aromatic rings. The molecule has 2 atom stereocenters. The average molecular weight is 198 g/mol. The van der Waals surface area contributed by atoms with Gasteiger partial charge in [0.25, 0.3) is 0 Å². The monoisotopic (exact) mass is 198 g/mol. The van der Waals surface area contributed by atoms with E-state index in [1.54, 1.807) is 6.92 Å². The summed E-state index contributed by atoms with van der Waals surface area (Å²) in [6.45, 7) is 5.80. The van der Waals surface area contributed by atoms with Gasteiger partial charge < -0.3 is 10.6 Å². The third-order valence-electron chi connectivity index (χ3n) is 3.13. The number of hydrogen-bond donors (Lipinski definition) is 1. The van der Waals surface area contributed by atoms with E-state index in [1.165, 1.54) is 12.8 Å². The predicted molar refractivity (Wildman–Crippen MR) is 57.9 cm³/mol. The molecule has 3 nitrogen and oxygen atoms in total. The van der Waals surface area contributed by atoms with Crippen molar-refractivity contribution in [3.8, 4) is 0 Å². The van der Waals surface area contributed by atoms with E-state index in [9.17, 15) is 4.79 Å². The van der Waals surface area contributed by atoms with Gasteiger partial charge in [0.05, 0.1) is 6.04 Å². The Morgan fingerprint density at radius 2 is 2.21 bits per heavy atom. The summed E-state index contributed by atoms with van der Waals surface area (Å²) >= 11 is 0. The molecule has 1 rings (SSSR count). The van der Waals surface area contributed by atoms with E-state index in [2.05, 4.69) is 6.92 Å². The average Bonchev–Trinajstić information content (AvgIpc) is 2.41. The quantitative estimate of drug-likeness (QED) is 0.728. The van der Waals surface area contributed by atoms with Gasteiger partial charge in [-0.1, -0.05) is 13.3 Å². The third-order valence-corrected chi connectivity index (χ3v) is 3.13. The van der Waals surface area contributed by atoms with Gasteiger partial charge in [-0.15, -0.1) is 0 Å². The number of hydrogen-bond acceptors (Lipinski definition) is 2. The molecule has 82 valence electrons. The number of amides is 1. The Morgan fingerprint density at radius 1 is 1.50 bits per heavy atom. The molecule has 1 amide bonds. The molecule has 0 aromatic heterocycles. The number of carbonyl (C=O) groups excluding carboxylic acids is 1. The van der Waals surface area contributed by atoms with Crippen LogP contribution in [0.5, 0.6) is 0 Å². The van der Waals surface area contributed by atoms with Crippen LogP contribution in [0.3, 0.4) is 0 Å². The maximum absolute atomic E-state index is 11.6. The first-order valence-corrected chi connectivity index (χ1v) is 5.69. The number of rotatable bonds is 2. The molecule has 1 aliphatic heterocycles. The van der Waals surface area contributed by atoms with Gasteiger partial charge >= 0.3 is 0 Å². The molecule has 1 fully saturated rings. The molecule has 0 aromatic carbocycles. The summed E-state index contributed by atoms with van der Waals surface area (Å²) < 4.78 is 0. The molecule has 0 radical (unpaired) electrons. The van der Waals surface area contributed by atoms with Crippen molar-refractivity contribution in [2.24, 2.45) is 11.7 Å². The fraction of sp³-hybridized carbons (Fsp3) is 0.909. The predicted octanol–water partition coefficient (Wildman–Crippen LogP) is 1.37. The SMILES string of the molecule is CCC1CCCN(C(=O)[C@H](C)N)CC1. The lowest BCUT2D eigenvalue weighted by Gasteiger charge is -2.22. The van der Waals surface area contributed by atoms with E-state index in [0.29, 0.717) is 0 Å². The molecule has 1 unspecified atom stereocenters. The van der Waals surface area contributed by atoms with Gasteiger partial charge in [0.15, 0.2) is 0 Å². The lowest BCUT2D eigenvalue weighted by atomic mass is 9.98. The Kier molecular flexibility index (Phi) is 4.39. The first kappa shape index (κ1) is 11.5. The zero-order chi connectivity index (χ0) is 10.6.